The molecule has 17 heavy (non-hydrogen) atoms. The normalized spacial score (nSPS) is 9.71. The minimum absolute atomic E-state index is 0.211. The van der Waals surface area contributed by atoms with Crippen LogP contribution in [-0.4, -0.2) is 28.1 Å². The lowest BCUT2D eigenvalue weighted by atomic mass is 10.2. The van der Waals surface area contributed by atoms with Gasteiger partial charge in [0.2, 0.25) is 5.91 Å². The molecule has 0 aromatic heterocycles. The van der Waals surface area contributed by atoms with Crippen LogP contribution in [0.1, 0.15) is 16.8 Å². The van der Waals surface area contributed by atoms with Crippen LogP contribution < -0.4 is 5.32 Å². The Morgan fingerprint density at radius 2 is 1.88 bits per heavy atom. The summed E-state index contributed by atoms with van der Waals surface area (Å²) in [5.41, 5.74) is -0.576. The fraction of sp³-hybridized carbons (Fsp3) is 0.100. The van der Waals surface area contributed by atoms with E-state index >= 15 is 0 Å². The van der Waals surface area contributed by atoms with Crippen LogP contribution in [0.3, 0.4) is 0 Å². The first-order chi connectivity index (χ1) is 7.90. The van der Waals surface area contributed by atoms with Gasteiger partial charge in [-0.1, -0.05) is 0 Å². The Kier molecular flexibility index (Phi) is 3.76. The molecule has 1 rings (SSSR count). The standard InChI is InChI=1S/C10H8FNO5/c11-6-2-1-5(10(16)17)3-7(6)12-8(13)4-9(14)15/h1-3H,4H2,(H,12,13)(H,14,15)(H,16,17). The van der Waals surface area contributed by atoms with Crippen molar-refractivity contribution < 1.29 is 29.0 Å². The number of hydrogen-bond acceptors (Lipinski definition) is 3. The average molecular weight is 241 g/mol. The Bertz CT molecular complexity index is 486. The topological polar surface area (TPSA) is 104 Å². The minimum atomic E-state index is -1.36. The number of carbonyl (C=O) groups is 3. The lowest BCUT2D eigenvalue weighted by molar-refractivity contribution is -0.139. The molecule has 6 nitrogen and oxygen atoms in total. The van der Waals surface area contributed by atoms with Gasteiger partial charge in [0.15, 0.2) is 0 Å². The van der Waals surface area contributed by atoms with Crippen molar-refractivity contribution >= 4 is 23.5 Å². The third-order valence-corrected chi connectivity index (χ3v) is 1.80. The molecule has 0 aliphatic rings. The Morgan fingerprint density at radius 1 is 1.24 bits per heavy atom. The molecule has 0 saturated carbocycles. The Balaban J connectivity index is 2.90. The molecule has 1 aromatic rings. The van der Waals surface area contributed by atoms with Gasteiger partial charge < -0.3 is 15.5 Å². The van der Waals surface area contributed by atoms with Gasteiger partial charge in [0.25, 0.3) is 0 Å². The van der Waals surface area contributed by atoms with Crippen molar-refractivity contribution in [3.8, 4) is 0 Å². The highest BCUT2D eigenvalue weighted by atomic mass is 19.1. The first-order valence-electron chi connectivity index (χ1n) is 4.44. The van der Waals surface area contributed by atoms with Gasteiger partial charge in [-0.15, -0.1) is 0 Å². The molecule has 0 bridgehead atoms. The predicted octanol–water partition coefficient (Wildman–Crippen LogP) is 0.937. The average Bonchev–Trinajstić information content (AvgIpc) is 2.19. The maximum atomic E-state index is 13.2. The summed E-state index contributed by atoms with van der Waals surface area (Å²) in [6.45, 7) is 0. The molecule has 0 spiro atoms. The van der Waals surface area contributed by atoms with Gasteiger partial charge in [0, 0.05) is 0 Å². The number of nitrogens with one attached hydrogen (secondary N) is 1. The van der Waals surface area contributed by atoms with E-state index < -0.39 is 30.1 Å². The molecule has 0 unspecified atom stereocenters. The SMILES string of the molecule is O=C(O)CC(=O)Nc1cc(C(=O)O)ccc1F. The molecule has 0 fully saturated rings. The second kappa shape index (κ2) is 5.06. The van der Waals surface area contributed by atoms with E-state index in [4.69, 9.17) is 10.2 Å². The molecule has 0 aliphatic heterocycles. The lowest BCUT2D eigenvalue weighted by Crippen LogP contribution is -2.17. The molecule has 0 radical (unpaired) electrons. The highest BCUT2D eigenvalue weighted by molar-refractivity contribution is 6.02. The highest BCUT2D eigenvalue weighted by Crippen LogP contribution is 2.16. The third kappa shape index (κ3) is 3.56. The summed E-state index contributed by atoms with van der Waals surface area (Å²) in [5.74, 6) is -4.41. The fourth-order valence-corrected chi connectivity index (χ4v) is 1.09. The number of aliphatic carboxylic acids is 1. The summed E-state index contributed by atoms with van der Waals surface area (Å²) in [7, 11) is 0. The first kappa shape index (κ1) is 12.6. The Morgan fingerprint density at radius 3 is 2.41 bits per heavy atom. The molecule has 0 saturated heterocycles. The van der Waals surface area contributed by atoms with Crippen molar-refractivity contribution in [2.75, 3.05) is 5.32 Å². The van der Waals surface area contributed by atoms with E-state index in [9.17, 15) is 18.8 Å². The van der Waals surface area contributed by atoms with Crippen LogP contribution in [0.15, 0.2) is 18.2 Å². The predicted molar refractivity (Wildman–Crippen MR) is 54.2 cm³/mol. The van der Waals surface area contributed by atoms with Gasteiger partial charge in [-0.3, -0.25) is 9.59 Å². The molecule has 7 heteroatoms. The van der Waals surface area contributed by atoms with Crippen molar-refractivity contribution in [3.63, 3.8) is 0 Å². The fourth-order valence-electron chi connectivity index (χ4n) is 1.09. The third-order valence-electron chi connectivity index (χ3n) is 1.80. The van der Waals surface area contributed by atoms with Gasteiger partial charge in [-0.05, 0) is 18.2 Å². The molecule has 3 N–H and O–H groups in total. The van der Waals surface area contributed by atoms with E-state index in [-0.39, 0.29) is 11.3 Å². The molecule has 0 atom stereocenters. The number of anilines is 1. The summed E-state index contributed by atoms with van der Waals surface area (Å²) >= 11 is 0. The van der Waals surface area contributed by atoms with Crippen molar-refractivity contribution in [2.24, 2.45) is 0 Å². The van der Waals surface area contributed by atoms with E-state index in [2.05, 4.69) is 0 Å². The molecule has 1 aromatic carbocycles. The van der Waals surface area contributed by atoms with Crippen LogP contribution in [0.4, 0.5) is 10.1 Å². The number of rotatable bonds is 4. The monoisotopic (exact) mass is 241 g/mol. The zero-order valence-corrected chi connectivity index (χ0v) is 8.44. The maximum Gasteiger partial charge on any atom is 0.335 e. The van der Waals surface area contributed by atoms with Crippen LogP contribution in [0.25, 0.3) is 0 Å². The highest BCUT2D eigenvalue weighted by Gasteiger charge is 2.13. The van der Waals surface area contributed by atoms with Crippen LogP contribution in [0.2, 0.25) is 0 Å². The smallest absolute Gasteiger partial charge is 0.335 e. The quantitative estimate of drug-likeness (QED) is 0.680. The summed E-state index contributed by atoms with van der Waals surface area (Å²) in [6.07, 6.45) is -0.823. The first-order valence-corrected chi connectivity index (χ1v) is 4.44. The number of carbonyl (C=O) groups excluding carboxylic acids is 1. The zero-order valence-electron chi connectivity index (χ0n) is 8.44. The number of halogens is 1. The van der Waals surface area contributed by atoms with Crippen LogP contribution in [0, 0.1) is 5.82 Å². The van der Waals surface area contributed by atoms with E-state index in [0.717, 1.165) is 18.2 Å². The number of hydrogen-bond donors (Lipinski definition) is 3. The van der Waals surface area contributed by atoms with Crippen molar-refractivity contribution in [3.05, 3.63) is 29.6 Å². The van der Waals surface area contributed by atoms with Crippen LogP contribution in [0.5, 0.6) is 0 Å². The lowest BCUT2D eigenvalue weighted by Gasteiger charge is -2.05. The number of aromatic carboxylic acids is 1. The Labute approximate surface area is 94.7 Å². The summed E-state index contributed by atoms with van der Waals surface area (Å²) in [6, 6.07) is 2.82. The summed E-state index contributed by atoms with van der Waals surface area (Å²) in [4.78, 5) is 31.9. The van der Waals surface area contributed by atoms with Gasteiger partial charge in [-0.25, -0.2) is 9.18 Å². The largest absolute Gasteiger partial charge is 0.481 e. The molecule has 0 aliphatic carbocycles. The van der Waals surface area contributed by atoms with E-state index in [0.29, 0.717) is 0 Å². The number of carboxylic acid groups (broad SMARTS) is 2. The minimum Gasteiger partial charge on any atom is -0.481 e. The molecule has 90 valence electrons. The van der Waals surface area contributed by atoms with E-state index in [1.807, 2.05) is 5.32 Å². The zero-order chi connectivity index (χ0) is 13.0. The molecule has 0 heterocycles. The van der Waals surface area contributed by atoms with Crippen LogP contribution >= 0.6 is 0 Å². The second-order valence-corrected chi connectivity index (χ2v) is 3.12. The molecular weight excluding hydrogens is 233 g/mol. The molecular formula is C10H8FNO5. The Hall–Kier alpha value is -2.44. The number of amides is 1. The van der Waals surface area contributed by atoms with Crippen LogP contribution in [-0.2, 0) is 9.59 Å². The number of benzene rings is 1. The number of carboxylic acids is 2. The summed E-state index contributed by atoms with van der Waals surface area (Å²) < 4.78 is 13.2. The van der Waals surface area contributed by atoms with E-state index in [1.54, 1.807) is 0 Å². The van der Waals surface area contributed by atoms with Gasteiger partial charge in [0.05, 0.1) is 11.3 Å². The van der Waals surface area contributed by atoms with Gasteiger partial charge in [-0.2, -0.15) is 0 Å². The van der Waals surface area contributed by atoms with Crippen molar-refractivity contribution in [1.82, 2.24) is 0 Å². The van der Waals surface area contributed by atoms with Crippen molar-refractivity contribution in [1.29, 1.82) is 0 Å². The molecule has 1 amide bonds. The maximum absolute atomic E-state index is 13.2. The van der Waals surface area contributed by atoms with E-state index in [1.165, 1.54) is 0 Å². The van der Waals surface area contributed by atoms with Gasteiger partial charge in [0.1, 0.15) is 12.2 Å². The van der Waals surface area contributed by atoms with Crippen molar-refractivity contribution in [2.45, 2.75) is 6.42 Å². The second-order valence-electron chi connectivity index (χ2n) is 3.12. The van der Waals surface area contributed by atoms with Gasteiger partial charge >= 0.3 is 11.9 Å². The summed E-state index contributed by atoms with van der Waals surface area (Å²) in [5, 5.41) is 19.0.